The summed E-state index contributed by atoms with van der Waals surface area (Å²) in [5, 5.41) is 2.70. The van der Waals surface area contributed by atoms with Crippen LogP contribution in [0.5, 0.6) is 0 Å². The second kappa shape index (κ2) is 5.30. The van der Waals surface area contributed by atoms with Gasteiger partial charge in [0.2, 0.25) is 5.91 Å². The summed E-state index contributed by atoms with van der Waals surface area (Å²) in [6, 6.07) is 1.81. The van der Waals surface area contributed by atoms with Gasteiger partial charge in [0.15, 0.2) is 0 Å². The van der Waals surface area contributed by atoms with Gasteiger partial charge in [-0.1, -0.05) is 0 Å². The molecule has 0 aromatic carbocycles. The van der Waals surface area contributed by atoms with Crippen molar-refractivity contribution in [2.24, 2.45) is 5.92 Å². The third-order valence-corrected chi connectivity index (χ3v) is 3.36. The highest BCUT2D eigenvalue weighted by molar-refractivity contribution is 5.76. The molecule has 1 aliphatic rings. The molecule has 0 radical (unpaired) electrons. The number of nitrogens with zero attached hydrogens (tertiary/aromatic N) is 1. The zero-order chi connectivity index (χ0) is 14.9. The van der Waals surface area contributed by atoms with E-state index in [1.165, 1.54) is 6.20 Å². The number of rotatable bonds is 4. The molecule has 20 heavy (non-hydrogen) atoms. The predicted octanol–water partition coefficient (Wildman–Crippen LogP) is 1.78. The first-order valence-electron chi connectivity index (χ1n) is 6.35. The predicted molar refractivity (Wildman–Crippen MR) is 66.0 cm³/mol. The molecule has 1 saturated carbocycles. The largest absolute Gasteiger partial charge is 0.421 e. The molecule has 1 heterocycles. The molecule has 1 aliphatic carbocycles. The van der Waals surface area contributed by atoms with Crippen LogP contribution in [0.3, 0.4) is 0 Å². The Bertz CT molecular complexity index is 561. The van der Waals surface area contributed by atoms with Crippen molar-refractivity contribution in [2.75, 3.05) is 0 Å². The van der Waals surface area contributed by atoms with Gasteiger partial charge in [0.1, 0.15) is 12.1 Å². The molecule has 2 rings (SSSR count). The Labute approximate surface area is 113 Å². The van der Waals surface area contributed by atoms with Gasteiger partial charge in [-0.15, -0.1) is 0 Å². The van der Waals surface area contributed by atoms with Gasteiger partial charge in [-0.2, -0.15) is 13.2 Å². The molecule has 0 bridgehead atoms. The number of pyridine rings is 1. The lowest BCUT2D eigenvalue weighted by Crippen LogP contribution is -2.39. The highest BCUT2D eigenvalue weighted by atomic mass is 19.4. The van der Waals surface area contributed by atoms with Crippen LogP contribution in [0.25, 0.3) is 0 Å². The minimum atomic E-state index is -4.71. The van der Waals surface area contributed by atoms with E-state index in [2.05, 4.69) is 5.32 Å². The van der Waals surface area contributed by atoms with Crippen LogP contribution < -0.4 is 10.9 Å². The quantitative estimate of drug-likeness (QED) is 0.918. The van der Waals surface area contributed by atoms with Gasteiger partial charge < -0.3 is 9.88 Å². The van der Waals surface area contributed by atoms with E-state index in [4.69, 9.17) is 0 Å². The molecule has 1 atom stereocenters. The Balaban J connectivity index is 2.09. The minimum absolute atomic E-state index is 0.0102. The monoisotopic (exact) mass is 288 g/mol. The van der Waals surface area contributed by atoms with Crippen LogP contribution >= 0.6 is 0 Å². The molecule has 110 valence electrons. The van der Waals surface area contributed by atoms with E-state index in [0.29, 0.717) is 12.0 Å². The average molecular weight is 288 g/mol. The highest BCUT2D eigenvalue weighted by Crippen LogP contribution is 2.32. The first-order chi connectivity index (χ1) is 9.29. The van der Waals surface area contributed by atoms with Crippen LogP contribution in [-0.4, -0.2) is 16.5 Å². The van der Waals surface area contributed by atoms with Crippen molar-refractivity contribution in [2.45, 2.75) is 38.5 Å². The standard InChI is InChI=1S/C13H15F3N2O2/c1-8(9-4-5-9)17-11(19)7-18-6-2-3-10(12(18)20)13(14,15)16/h2-3,6,8-9H,4-5,7H2,1H3,(H,17,19). The van der Waals surface area contributed by atoms with Crippen LogP contribution in [0.15, 0.2) is 23.1 Å². The minimum Gasteiger partial charge on any atom is -0.352 e. The average Bonchev–Trinajstić information content (AvgIpc) is 3.14. The molecule has 7 heteroatoms. The fourth-order valence-electron chi connectivity index (χ4n) is 2.05. The zero-order valence-corrected chi connectivity index (χ0v) is 10.9. The molecule has 0 spiro atoms. The Hall–Kier alpha value is -1.79. The van der Waals surface area contributed by atoms with E-state index in [-0.39, 0.29) is 6.04 Å². The number of nitrogens with one attached hydrogen (secondary N) is 1. The number of amides is 1. The topological polar surface area (TPSA) is 51.1 Å². The summed E-state index contributed by atoms with van der Waals surface area (Å²) in [6.07, 6.45) is -1.44. The maximum Gasteiger partial charge on any atom is 0.421 e. The molecule has 1 aromatic heterocycles. The number of carbonyl (C=O) groups excluding carboxylic acids is 1. The summed E-state index contributed by atoms with van der Waals surface area (Å²) in [5.74, 6) is -0.0111. The molecule has 0 saturated heterocycles. The maximum absolute atomic E-state index is 12.6. The van der Waals surface area contributed by atoms with Gasteiger partial charge >= 0.3 is 6.18 Å². The van der Waals surface area contributed by atoms with Crippen LogP contribution in [0.1, 0.15) is 25.3 Å². The van der Waals surface area contributed by atoms with Gasteiger partial charge in [0, 0.05) is 12.2 Å². The lowest BCUT2D eigenvalue weighted by Gasteiger charge is -2.14. The molecular formula is C13H15F3N2O2. The van der Waals surface area contributed by atoms with Crippen molar-refractivity contribution < 1.29 is 18.0 Å². The molecule has 4 nitrogen and oxygen atoms in total. The third kappa shape index (κ3) is 3.40. The van der Waals surface area contributed by atoms with Crippen LogP contribution in [0, 0.1) is 5.92 Å². The van der Waals surface area contributed by atoms with Gasteiger partial charge in [0.05, 0.1) is 0 Å². The van der Waals surface area contributed by atoms with Gasteiger partial charge in [-0.3, -0.25) is 9.59 Å². The zero-order valence-electron chi connectivity index (χ0n) is 10.9. The van der Waals surface area contributed by atoms with Gasteiger partial charge in [-0.25, -0.2) is 0 Å². The molecule has 1 N–H and O–H groups in total. The van der Waals surface area contributed by atoms with E-state index in [1.807, 2.05) is 6.92 Å². The Kier molecular flexibility index (Phi) is 3.87. The maximum atomic E-state index is 12.6. The van der Waals surface area contributed by atoms with E-state index >= 15 is 0 Å². The Morgan fingerprint density at radius 2 is 2.15 bits per heavy atom. The van der Waals surface area contributed by atoms with E-state index in [9.17, 15) is 22.8 Å². The van der Waals surface area contributed by atoms with Crippen molar-refractivity contribution in [3.05, 3.63) is 34.2 Å². The summed E-state index contributed by atoms with van der Waals surface area (Å²) in [6.45, 7) is 1.45. The number of carbonyl (C=O) groups is 1. The third-order valence-electron chi connectivity index (χ3n) is 3.36. The van der Waals surface area contributed by atoms with E-state index in [0.717, 1.165) is 23.5 Å². The number of aromatic nitrogens is 1. The summed E-state index contributed by atoms with van der Waals surface area (Å²) >= 11 is 0. The lowest BCUT2D eigenvalue weighted by molar-refractivity contribution is -0.139. The van der Waals surface area contributed by atoms with Crippen LogP contribution in [0.2, 0.25) is 0 Å². The summed E-state index contributed by atoms with van der Waals surface area (Å²) in [7, 11) is 0. The highest BCUT2D eigenvalue weighted by Gasteiger charge is 2.34. The van der Waals surface area contributed by atoms with Crippen molar-refractivity contribution in [1.29, 1.82) is 0 Å². The van der Waals surface area contributed by atoms with Crippen molar-refractivity contribution in [3.63, 3.8) is 0 Å². The summed E-state index contributed by atoms with van der Waals surface area (Å²) in [4.78, 5) is 23.4. The molecular weight excluding hydrogens is 273 g/mol. The normalized spacial score (nSPS) is 16.8. The summed E-state index contributed by atoms with van der Waals surface area (Å²) in [5.41, 5.74) is -2.46. The molecule has 1 fully saturated rings. The first-order valence-corrected chi connectivity index (χ1v) is 6.35. The fraction of sp³-hybridized carbons (Fsp3) is 0.538. The second-order valence-corrected chi connectivity index (χ2v) is 5.05. The van der Waals surface area contributed by atoms with Crippen molar-refractivity contribution in [1.82, 2.24) is 9.88 Å². The Morgan fingerprint density at radius 1 is 1.50 bits per heavy atom. The number of halogens is 3. The summed E-state index contributed by atoms with van der Waals surface area (Å²) < 4.78 is 38.5. The smallest absolute Gasteiger partial charge is 0.352 e. The first kappa shape index (κ1) is 14.6. The molecule has 1 amide bonds. The number of alkyl halides is 3. The van der Waals surface area contributed by atoms with Gasteiger partial charge in [0.25, 0.3) is 5.56 Å². The molecule has 1 aromatic rings. The number of hydrogen-bond acceptors (Lipinski definition) is 2. The van der Waals surface area contributed by atoms with E-state index in [1.54, 1.807) is 0 Å². The van der Waals surface area contributed by atoms with Gasteiger partial charge in [-0.05, 0) is 37.8 Å². The molecule has 0 aliphatic heterocycles. The van der Waals surface area contributed by atoms with Crippen molar-refractivity contribution in [3.8, 4) is 0 Å². The fourth-order valence-corrected chi connectivity index (χ4v) is 2.05. The van der Waals surface area contributed by atoms with Crippen LogP contribution in [-0.2, 0) is 17.5 Å². The number of hydrogen-bond donors (Lipinski definition) is 1. The lowest BCUT2D eigenvalue weighted by atomic mass is 10.2. The van der Waals surface area contributed by atoms with E-state index < -0.39 is 29.8 Å². The van der Waals surface area contributed by atoms with Crippen LogP contribution in [0.4, 0.5) is 13.2 Å². The molecule has 1 unspecified atom stereocenters. The second-order valence-electron chi connectivity index (χ2n) is 5.05. The van der Waals surface area contributed by atoms with Crippen molar-refractivity contribution >= 4 is 5.91 Å². The SMILES string of the molecule is CC(NC(=O)Cn1cccc(C(F)(F)F)c1=O)C1CC1. The Morgan fingerprint density at radius 3 is 2.70 bits per heavy atom.